The number of carbonyl (C=O) groups excluding carboxylic acids is 2. The van der Waals surface area contributed by atoms with Crippen LogP contribution in [0.5, 0.6) is 0 Å². The van der Waals surface area contributed by atoms with Crippen molar-refractivity contribution in [3.05, 3.63) is 53.3 Å². The zero-order valence-corrected chi connectivity index (χ0v) is 20.7. The monoisotopic (exact) mass is 493 g/mol. The van der Waals surface area contributed by atoms with Crippen molar-refractivity contribution in [1.82, 2.24) is 15.5 Å². The molecule has 0 radical (unpaired) electrons. The second-order valence-electron chi connectivity index (χ2n) is 9.67. The van der Waals surface area contributed by atoms with Gasteiger partial charge >= 0.3 is 6.09 Å². The molecule has 2 amide bonds. The summed E-state index contributed by atoms with van der Waals surface area (Å²) in [4.78, 5) is 31.8. The van der Waals surface area contributed by atoms with Gasteiger partial charge in [0, 0.05) is 38.5 Å². The molecule has 9 heteroatoms. The van der Waals surface area contributed by atoms with Crippen molar-refractivity contribution in [3.63, 3.8) is 0 Å². The second kappa shape index (κ2) is 10.3. The van der Waals surface area contributed by atoms with Crippen LogP contribution in [0.1, 0.15) is 31.4 Å². The lowest BCUT2D eigenvalue weighted by molar-refractivity contribution is -0.119. The van der Waals surface area contributed by atoms with Gasteiger partial charge in [-0.2, -0.15) is 0 Å². The molecule has 2 atom stereocenters. The topological polar surface area (TPSA) is 86.3 Å². The van der Waals surface area contributed by atoms with Gasteiger partial charge in [-0.05, 0) is 41.3 Å². The first-order valence-electron chi connectivity index (χ1n) is 12.6. The first kappa shape index (κ1) is 24.2. The summed E-state index contributed by atoms with van der Waals surface area (Å²) in [6, 6.07) is 11.4. The molecule has 2 aromatic rings. The minimum absolute atomic E-state index is 0.191. The Bertz CT molecular complexity index is 1200. The quantitative estimate of drug-likeness (QED) is 0.619. The molecular weight excluding hydrogens is 461 g/mol. The molecule has 2 aromatic carbocycles. The highest BCUT2D eigenvalue weighted by Gasteiger charge is 2.33. The summed E-state index contributed by atoms with van der Waals surface area (Å²) in [7, 11) is 0. The number of benzene rings is 2. The van der Waals surface area contributed by atoms with Crippen molar-refractivity contribution in [3.8, 4) is 11.1 Å². The lowest BCUT2D eigenvalue weighted by Gasteiger charge is -2.31. The van der Waals surface area contributed by atoms with E-state index in [1.807, 2.05) is 6.07 Å². The van der Waals surface area contributed by atoms with E-state index in [1.165, 1.54) is 29.0 Å². The number of amidine groups is 1. The Morgan fingerprint density at radius 2 is 2.11 bits per heavy atom. The molecule has 1 fully saturated rings. The molecule has 3 aliphatic rings. The highest BCUT2D eigenvalue weighted by Crippen LogP contribution is 2.31. The Morgan fingerprint density at radius 3 is 2.86 bits per heavy atom. The Balaban J connectivity index is 1.24. The molecule has 36 heavy (non-hydrogen) atoms. The van der Waals surface area contributed by atoms with Crippen molar-refractivity contribution < 1.29 is 18.7 Å². The number of halogens is 1. The van der Waals surface area contributed by atoms with Crippen LogP contribution in [0.2, 0.25) is 0 Å². The Labute approximate surface area is 210 Å². The van der Waals surface area contributed by atoms with Crippen molar-refractivity contribution in [1.29, 1.82) is 0 Å². The summed E-state index contributed by atoms with van der Waals surface area (Å²) in [5.41, 5.74) is 4.31. The number of aliphatic imine (C=N–C) groups is 1. The minimum Gasteiger partial charge on any atom is -0.442 e. The molecule has 8 nitrogen and oxygen atoms in total. The molecule has 2 unspecified atom stereocenters. The number of hydrogen-bond acceptors (Lipinski definition) is 6. The van der Waals surface area contributed by atoms with Gasteiger partial charge in [-0.15, -0.1) is 0 Å². The fourth-order valence-electron chi connectivity index (χ4n) is 5.11. The number of nitrogens with zero attached hydrogens (tertiary/aromatic N) is 3. The average molecular weight is 494 g/mol. The largest absolute Gasteiger partial charge is 0.442 e. The number of carbonyl (C=O) groups is 2. The van der Waals surface area contributed by atoms with E-state index in [0.717, 1.165) is 50.4 Å². The van der Waals surface area contributed by atoms with Crippen LogP contribution in [-0.2, 0) is 22.5 Å². The van der Waals surface area contributed by atoms with E-state index in [0.29, 0.717) is 17.3 Å². The van der Waals surface area contributed by atoms with Crippen LogP contribution in [0.3, 0.4) is 0 Å². The highest BCUT2D eigenvalue weighted by molar-refractivity contribution is 5.90. The van der Waals surface area contributed by atoms with E-state index in [2.05, 4.69) is 39.6 Å². The van der Waals surface area contributed by atoms with E-state index in [-0.39, 0.29) is 24.8 Å². The van der Waals surface area contributed by atoms with Crippen molar-refractivity contribution in [2.45, 2.75) is 45.4 Å². The first-order chi connectivity index (χ1) is 17.4. The van der Waals surface area contributed by atoms with E-state index >= 15 is 4.39 Å². The maximum absolute atomic E-state index is 15.2. The van der Waals surface area contributed by atoms with Crippen LogP contribution in [0, 0.1) is 5.82 Å². The van der Waals surface area contributed by atoms with E-state index < -0.39 is 12.2 Å². The van der Waals surface area contributed by atoms with Gasteiger partial charge in [0.1, 0.15) is 11.9 Å². The number of cyclic esters (lactones) is 1. The molecule has 0 spiro atoms. The number of rotatable bonds is 7. The van der Waals surface area contributed by atoms with Gasteiger partial charge in [-0.3, -0.25) is 19.6 Å². The smallest absolute Gasteiger partial charge is 0.414 e. The molecule has 3 heterocycles. The zero-order valence-electron chi connectivity index (χ0n) is 20.7. The maximum atomic E-state index is 15.2. The SMILES string of the molecule is CCC1=NCC(CN2CCc3cc(-c4ccc(N5CC(CNC(C)=O)OC5=O)cc4F)ccc3C2)N1. The lowest BCUT2D eigenvalue weighted by Crippen LogP contribution is -2.43. The third-order valence-electron chi connectivity index (χ3n) is 7.01. The first-order valence-corrected chi connectivity index (χ1v) is 12.6. The van der Waals surface area contributed by atoms with Gasteiger partial charge in [0.25, 0.3) is 0 Å². The molecule has 0 bridgehead atoms. The number of hydrogen-bond donors (Lipinski definition) is 2. The number of nitrogens with one attached hydrogen (secondary N) is 2. The van der Waals surface area contributed by atoms with Gasteiger partial charge in [-0.1, -0.05) is 25.1 Å². The number of anilines is 1. The predicted molar refractivity (Wildman–Crippen MR) is 137 cm³/mol. The van der Waals surface area contributed by atoms with Crippen LogP contribution in [0.25, 0.3) is 11.1 Å². The molecule has 0 saturated carbocycles. The van der Waals surface area contributed by atoms with E-state index in [4.69, 9.17) is 4.74 Å². The fraction of sp³-hybridized carbons (Fsp3) is 0.444. The van der Waals surface area contributed by atoms with E-state index in [1.54, 1.807) is 12.1 Å². The Kier molecular flexibility index (Phi) is 6.91. The van der Waals surface area contributed by atoms with Crippen molar-refractivity contribution >= 4 is 23.5 Å². The second-order valence-corrected chi connectivity index (χ2v) is 9.67. The minimum atomic E-state index is -0.541. The zero-order chi connectivity index (χ0) is 25.2. The fourth-order valence-corrected chi connectivity index (χ4v) is 5.11. The number of fused-ring (bicyclic) bond motifs is 1. The van der Waals surface area contributed by atoms with Gasteiger partial charge in [0.15, 0.2) is 0 Å². The van der Waals surface area contributed by atoms with Gasteiger partial charge in [-0.25, -0.2) is 9.18 Å². The molecule has 0 aliphatic carbocycles. The van der Waals surface area contributed by atoms with Crippen molar-refractivity contribution in [2.24, 2.45) is 4.99 Å². The summed E-state index contributed by atoms with van der Waals surface area (Å²) in [5.74, 6) is 0.521. The third kappa shape index (κ3) is 5.21. The predicted octanol–water partition coefficient (Wildman–Crippen LogP) is 3.09. The maximum Gasteiger partial charge on any atom is 0.414 e. The van der Waals surface area contributed by atoms with Crippen molar-refractivity contribution in [2.75, 3.05) is 37.6 Å². The Hall–Kier alpha value is -3.46. The summed E-state index contributed by atoms with van der Waals surface area (Å²) in [5, 5.41) is 6.15. The van der Waals surface area contributed by atoms with Crippen LogP contribution in [-0.4, -0.2) is 67.6 Å². The van der Waals surface area contributed by atoms with Gasteiger partial charge < -0.3 is 15.4 Å². The lowest BCUT2D eigenvalue weighted by atomic mass is 9.94. The normalized spacial score (nSPS) is 21.6. The molecular formula is C27H32FN5O3. The summed E-state index contributed by atoms with van der Waals surface area (Å²) in [6.07, 6.45) is 0.865. The van der Waals surface area contributed by atoms with Crippen LogP contribution in [0.4, 0.5) is 14.9 Å². The molecule has 5 rings (SSSR count). The molecule has 3 aliphatic heterocycles. The van der Waals surface area contributed by atoms with Crippen LogP contribution in [0.15, 0.2) is 41.4 Å². The van der Waals surface area contributed by atoms with Crippen LogP contribution < -0.4 is 15.5 Å². The summed E-state index contributed by atoms with van der Waals surface area (Å²) < 4.78 is 20.5. The van der Waals surface area contributed by atoms with Gasteiger partial charge in [0.2, 0.25) is 5.91 Å². The molecule has 190 valence electrons. The average Bonchev–Trinajstić information content (AvgIpc) is 3.48. The third-order valence-corrected chi connectivity index (χ3v) is 7.01. The highest BCUT2D eigenvalue weighted by atomic mass is 19.1. The molecule has 2 N–H and O–H groups in total. The number of amides is 2. The Morgan fingerprint density at radius 1 is 1.25 bits per heavy atom. The van der Waals surface area contributed by atoms with E-state index in [9.17, 15) is 9.59 Å². The van der Waals surface area contributed by atoms with Gasteiger partial charge in [0.05, 0.1) is 37.2 Å². The van der Waals surface area contributed by atoms with Crippen LogP contribution >= 0.6 is 0 Å². The standard InChI is InChI=1S/C27H32FN5O3/c1-3-26-30-12-21(31-26)15-32-9-8-18-10-19(4-5-20(18)14-32)24-7-6-22(11-25(24)28)33-16-23(36-27(33)35)13-29-17(2)34/h4-7,10-11,21,23H,3,8-9,12-16H2,1-2H3,(H,29,34)(H,30,31). The molecule has 1 saturated heterocycles. The molecule has 0 aromatic heterocycles. The number of ether oxygens (including phenoxy) is 1. The summed E-state index contributed by atoms with van der Waals surface area (Å²) >= 11 is 0. The summed E-state index contributed by atoms with van der Waals surface area (Å²) in [6.45, 7) is 7.67.